The smallest absolute Gasteiger partial charge is 0.164 e. The minimum Gasteiger partial charge on any atom is -0.394 e. The molecule has 4 atom stereocenters. The third kappa shape index (κ3) is 2.59. The molecule has 0 aromatic carbocycles. The summed E-state index contributed by atoms with van der Waals surface area (Å²) in [5, 5.41) is 30.1. The van der Waals surface area contributed by atoms with Crippen LogP contribution >= 0.6 is 0 Å². The van der Waals surface area contributed by atoms with Gasteiger partial charge in [0.15, 0.2) is 6.23 Å². The molecule has 1 saturated heterocycles. The normalized spacial score (nSPS) is 28.2. The van der Waals surface area contributed by atoms with Gasteiger partial charge in [-0.2, -0.15) is 0 Å². The number of hydrogen-bond donors (Lipinski definition) is 4. The van der Waals surface area contributed by atoms with Crippen LogP contribution in [0.5, 0.6) is 0 Å². The molecule has 0 bridgehead atoms. The minimum absolute atomic E-state index is 0.347. The fraction of sp³-hybridized carbons (Fsp3) is 0.467. The van der Waals surface area contributed by atoms with Crippen molar-refractivity contribution >= 4 is 16.9 Å². The molecule has 5 N–H and O–H groups in total. The van der Waals surface area contributed by atoms with E-state index in [1.54, 1.807) is 10.8 Å². The van der Waals surface area contributed by atoms with Crippen LogP contribution in [0.25, 0.3) is 11.0 Å². The van der Waals surface area contributed by atoms with Crippen molar-refractivity contribution in [3.05, 3.63) is 30.2 Å². The van der Waals surface area contributed by atoms with Crippen LogP contribution in [0, 0.1) is 0 Å². The van der Waals surface area contributed by atoms with Crippen LogP contribution in [-0.2, 0) is 11.2 Å². The lowest BCUT2D eigenvalue weighted by molar-refractivity contribution is -0.0509. The number of hydrogen-bond acceptors (Lipinski definition) is 7. The van der Waals surface area contributed by atoms with Gasteiger partial charge in [0.05, 0.1) is 12.0 Å². The highest BCUT2D eigenvalue weighted by molar-refractivity contribution is 5.90. The quantitative estimate of drug-likeness (QED) is 0.572. The second kappa shape index (κ2) is 6.25. The van der Waals surface area contributed by atoms with Crippen molar-refractivity contribution in [2.45, 2.75) is 37.9 Å². The van der Waals surface area contributed by atoms with E-state index >= 15 is 0 Å². The largest absolute Gasteiger partial charge is 0.394 e. The number of fused-ring (bicyclic) bond motifs is 1. The van der Waals surface area contributed by atoms with Gasteiger partial charge < -0.3 is 30.4 Å². The number of rotatable bonds is 4. The molecule has 0 aliphatic carbocycles. The van der Waals surface area contributed by atoms with Gasteiger partial charge in [-0.3, -0.25) is 0 Å². The number of ether oxygens (including phenoxy) is 1. The summed E-state index contributed by atoms with van der Waals surface area (Å²) in [7, 11) is 0. The molecular formula is C15H20N4O4. The van der Waals surface area contributed by atoms with Gasteiger partial charge in [-0.1, -0.05) is 12.2 Å². The molecule has 23 heavy (non-hydrogen) atoms. The van der Waals surface area contributed by atoms with Gasteiger partial charge >= 0.3 is 0 Å². The molecule has 124 valence electrons. The Balaban J connectivity index is 2.09. The Morgan fingerprint density at radius 3 is 2.78 bits per heavy atom. The highest BCUT2D eigenvalue weighted by Crippen LogP contribution is 2.34. The highest BCUT2D eigenvalue weighted by atomic mass is 16.6. The predicted molar refractivity (Wildman–Crippen MR) is 83.5 cm³/mol. The lowest BCUT2D eigenvalue weighted by atomic mass is 10.1. The first-order valence-corrected chi connectivity index (χ1v) is 7.42. The molecule has 0 saturated carbocycles. The second-order valence-electron chi connectivity index (χ2n) is 5.52. The van der Waals surface area contributed by atoms with Crippen LogP contribution in [0.2, 0.25) is 0 Å². The predicted octanol–water partition coefficient (Wildman–Crippen LogP) is -0.256. The summed E-state index contributed by atoms with van der Waals surface area (Å²) in [4.78, 5) is 8.26. The van der Waals surface area contributed by atoms with E-state index in [4.69, 9.17) is 10.5 Å². The molecule has 1 aliphatic heterocycles. The van der Waals surface area contributed by atoms with E-state index in [1.165, 1.54) is 6.33 Å². The summed E-state index contributed by atoms with van der Waals surface area (Å²) in [5.41, 5.74) is 7.39. The van der Waals surface area contributed by atoms with Crippen molar-refractivity contribution in [2.24, 2.45) is 0 Å². The Morgan fingerprint density at radius 1 is 1.35 bits per heavy atom. The average molecular weight is 320 g/mol. The molecule has 0 radical (unpaired) electrons. The van der Waals surface area contributed by atoms with Crippen molar-refractivity contribution in [1.29, 1.82) is 0 Å². The molecule has 3 heterocycles. The molecule has 1 fully saturated rings. The van der Waals surface area contributed by atoms with E-state index in [9.17, 15) is 15.3 Å². The van der Waals surface area contributed by atoms with Crippen LogP contribution in [0.3, 0.4) is 0 Å². The molecule has 1 aliphatic rings. The lowest BCUT2D eigenvalue weighted by Gasteiger charge is -2.17. The molecule has 4 unspecified atom stereocenters. The van der Waals surface area contributed by atoms with Gasteiger partial charge in [0.1, 0.15) is 36.1 Å². The van der Waals surface area contributed by atoms with Gasteiger partial charge in [-0.05, 0) is 18.9 Å². The third-order valence-corrected chi connectivity index (χ3v) is 4.08. The summed E-state index contributed by atoms with van der Waals surface area (Å²) >= 11 is 0. The maximum absolute atomic E-state index is 10.2. The van der Waals surface area contributed by atoms with E-state index in [1.807, 2.05) is 19.1 Å². The Labute approximate surface area is 132 Å². The average Bonchev–Trinajstić information content (AvgIpc) is 3.05. The summed E-state index contributed by atoms with van der Waals surface area (Å²) in [6, 6.07) is 0. The fourth-order valence-electron chi connectivity index (χ4n) is 2.89. The zero-order chi connectivity index (χ0) is 16.6. The van der Waals surface area contributed by atoms with Gasteiger partial charge in [0.2, 0.25) is 0 Å². The minimum atomic E-state index is -1.17. The van der Waals surface area contributed by atoms with Gasteiger partial charge in [-0.15, -0.1) is 0 Å². The Bertz CT molecular complexity index is 730. The molecule has 3 rings (SSSR count). The van der Waals surface area contributed by atoms with E-state index in [2.05, 4.69) is 9.97 Å². The maximum atomic E-state index is 10.2. The van der Waals surface area contributed by atoms with E-state index in [0.717, 1.165) is 5.56 Å². The van der Waals surface area contributed by atoms with E-state index < -0.39 is 24.5 Å². The van der Waals surface area contributed by atoms with Gasteiger partial charge in [0.25, 0.3) is 0 Å². The number of nitrogens with two attached hydrogens (primary N) is 1. The number of nitrogens with zero attached hydrogens (tertiary/aromatic N) is 3. The van der Waals surface area contributed by atoms with E-state index in [0.29, 0.717) is 23.3 Å². The van der Waals surface area contributed by atoms with Crippen molar-refractivity contribution in [1.82, 2.24) is 14.5 Å². The third-order valence-electron chi connectivity index (χ3n) is 4.08. The monoisotopic (exact) mass is 320 g/mol. The molecular weight excluding hydrogens is 300 g/mol. The van der Waals surface area contributed by atoms with E-state index in [-0.39, 0.29) is 6.61 Å². The lowest BCUT2D eigenvalue weighted by Crippen LogP contribution is -2.33. The Morgan fingerprint density at radius 2 is 2.13 bits per heavy atom. The maximum Gasteiger partial charge on any atom is 0.164 e. The van der Waals surface area contributed by atoms with Crippen LogP contribution in [-0.4, -0.2) is 54.8 Å². The number of aliphatic hydroxyl groups is 3. The Hall–Kier alpha value is -2.00. The number of nitrogen functional groups attached to an aromatic ring is 1. The molecule has 2 aromatic rings. The van der Waals surface area contributed by atoms with Gasteiger partial charge in [0, 0.05) is 6.20 Å². The van der Waals surface area contributed by atoms with Crippen molar-refractivity contribution in [3.63, 3.8) is 0 Å². The molecule has 8 heteroatoms. The first kappa shape index (κ1) is 15.9. The number of aromatic nitrogens is 3. The topological polar surface area (TPSA) is 127 Å². The SMILES string of the molecule is CC=CCc1cn(C2OC(CO)C(O)C2O)c2ncnc(N)c12. The number of anilines is 1. The van der Waals surface area contributed by atoms with Gasteiger partial charge in [-0.25, -0.2) is 9.97 Å². The summed E-state index contributed by atoms with van der Waals surface area (Å²) < 4.78 is 7.22. The molecule has 0 amide bonds. The molecule has 2 aromatic heterocycles. The summed E-state index contributed by atoms with van der Waals surface area (Å²) in [5.74, 6) is 0.347. The van der Waals surface area contributed by atoms with Crippen molar-refractivity contribution in [2.75, 3.05) is 12.3 Å². The molecule has 0 spiro atoms. The van der Waals surface area contributed by atoms with Crippen LogP contribution < -0.4 is 5.73 Å². The summed E-state index contributed by atoms with van der Waals surface area (Å²) in [6.45, 7) is 1.54. The standard InChI is InChI=1S/C15H20N4O4/c1-2-3-4-8-5-19(14-10(8)13(16)17-7-18-14)15-12(22)11(21)9(6-20)23-15/h2-3,5,7,9,11-12,15,20-22H,4,6H2,1H3,(H2,16,17,18). The highest BCUT2D eigenvalue weighted by Gasteiger charge is 2.44. The van der Waals surface area contributed by atoms with Crippen molar-refractivity contribution < 1.29 is 20.1 Å². The first-order chi connectivity index (χ1) is 11.1. The fourth-order valence-corrected chi connectivity index (χ4v) is 2.89. The number of aliphatic hydroxyl groups excluding tert-OH is 3. The zero-order valence-corrected chi connectivity index (χ0v) is 12.7. The zero-order valence-electron chi connectivity index (χ0n) is 12.7. The van der Waals surface area contributed by atoms with Crippen LogP contribution in [0.15, 0.2) is 24.7 Å². The second-order valence-corrected chi connectivity index (χ2v) is 5.52. The first-order valence-electron chi connectivity index (χ1n) is 7.42. The van der Waals surface area contributed by atoms with Crippen LogP contribution in [0.4, 0.5) is 5.82 Å². The van der Waals surface area contributed by atoms with Crippen molar-refractivity contribution in [3.8, 4) is 0 Å². The summed E-state index contributed by atoms with van der Waals surface area (Å²) in [6.07, 6.45) is 3.63. The molecule has 8 nitrogen and oxygen atoms in total. The Kier molecular flexibility index (Phi) is 4.31. The van der Waals surface area contributed by atoms with Crippen LogP contribution in [0.1, 0.15) is 18.7 Å². The number of allylic oxidation sites excluding steroid dienone is 2.